The van der Waals surface area contributed by atoms with Gasteiger partial charge in [0.2, 0.25) is 5.91 Å². The highest BCUT2D eigenvalue weighted by molar-refractivity contribution is 5.88. The van der Waals surface area contributed by atoms with E-state index in [-0.39, 0.29) is 11.3 Å². The van der Waals surface area contributed by atoms with E-state index in [1.807, 2.05) is 54.6 Å². The maximum atomic E-state index is 11.9. The summed E-state index contributed by atoms with van der Waals surface area (Å²) < 4.78 is 0. The van der Waals surface area contributed by atoms with E-state index >= 15 is 0 Å². The van der Waals surface area contributed by atoms with Crippen LogP contribution in [0.5, 0.6) is 0 Å². The summed E-state index contributed by atoms with van der Waals surface area (Å²) in [7, 11) is 0. The van der Waals surface area contributed by atoms with Crippen molar-refractivity contribution in [2.75, 3.05) is 11.9 Å². The molecule has 0 aliphatic heterocycles. The predicted octanol–water partition coefficient (Wildman–Crippen LogP) is 4.85. The van der Waals surface area contributed by atoms with E-state index in [2.05, 4.69) is 37.0 Å². The van der Waals surface area contributed by atoms with Crippen LogP contribution < -0.4 is 16.3 Å². The van der Waals surface area contributed by atoms with E-state index < -0.39 is 6.03 Å². The number of hydrogen-bond donors (Lipinski definition) is 3. The molecule has 2 rings (SSSR count). The summed E-state index contributed by atoms with van der Waals surface area (Å²) in [4.78, 5) is 34.0. The van der Waals surface area contributed by atoms with Crippen molar-refractivity contribution >= 4 is 17.6 Å². The van der Waals surface area contributed by atoms with Crippen molar-refractivity contribution in [1.82, 2.24) is 11.0 Å². The van der Waals surface area contributed by atoms with Crippen molar-refractivity contribution in [3.8, 4) is 0 Å². The van der Waals surface area contributed by atoms with Crippen molar-refractivity contribution in [2.24, 2.45) is 0 Å². The van der Waals surface area contributed by atoms with Crippen molar-refractivity contribution in [1.29, 1.82) is 0 Å². The van der Waals surface area contributed by atoms with Gasteiger partial charge >= 0.3 is 6.03 Å². The third-order valence-corrected chi connectivity index (χ3v) is 4.59. The quantitative estimate of drug-likeness (QED) is 0.353. The van der Waals surface area contributed by atoms with Gasteiger partial charge in [0.1, 0.15) is 0 Å². The van der Waals surface area contributed by atoms with Gasteiger partial charge < -0.3 is 5.32 Å². The van der Waals surface area contributed by atoms with Crippen LogP contribution in [0.2, 0.25) is 0 Å². The average Bonchev–Trinajstić information content (AvgIpc) is 2.73. The van der Waals surface area contributed by atoms with E-state index in [0.29, 0.717) is 25.3 Å². The number of anilines is 1. The molecule has 3 amide bonds. The van der Waals surface area contributed by atoms with Crippen LogP contribution in [-0.4, -0.2) is 18.5 Å². The second-order valence-electron chi connectivity index (χ2n) is 8.34. The summed E-state index contributed by atoms with van der Waals surface area (Å²) in [5.74, 6) is -0.146. The first-order valence-corrected chi connectivity index (χ1v) is 10.6. The minimum atomic E-state index is -0.418. The van der Waals surface area contributed by atoms with E-state index in [0.717, 1.165) is 24.8 Å². The van der Waals surface area contributed by atoms with E-state index in [9.17, 15) is 9.59 Å². The molecular formula is C24H33N3O4. The topological polar surface area (TPSA) is 88.7 Å². The summed E-state index contributed by atoms with van der Waals surface area (Å²) >= 11 is 0. The van der Waals surface area contributed by atoms with Crippen molar-refractivity contribution < 1.29 is 19.3 Å². The lowest BCUT2D eigenvalue weighted by Crippen LogP contribution is -2.29. The van der Waals surface area contributed by atoms with Gasteiger partial charge in [-0.3, -0.25) is 14.5 Å². The molecular weight excluding hydrogens is 394 g/mol. The average molecular weight is 428 g/mol. The fourth-order valence-electron chi connectivity index (χ4n) is 2.79. The number of unbranched alkanes of at least 4 members (excludes halogenated alkanes) is 2. The number of urea groups is 1. The Hall–Kier alpha value is -2.90. The molecule has 0 fully saturated rings. The molecule has 7 nitrogen and oxygen atoms in total. The zero-order valence-corrected chi connectivity index (χ0v) is 18.6. The predicted molar refractivity (Wildman–Crippen MR) is 121 cm³/mol. The second-order valence-corrected chi connectivity index (χ2v) is 8.34. The Morgan fingerprint density at radius 1 is 0.839 bits per heavy atom. The van der Waals surface area contributed by atoms with Crippen molar-refractivity contribution in [2.45, 2.75) is 58.5 Å². The molecule has 0 aromatic heterocycles. The Kier molecular flexibility index (Phi) is 10.00. The Morgan fingerprint density at radius 3 is 2.23 bits per heavy atom. The standard InChI is InChI=1S/C24H33N3O4/c1-24(2,3)20-13-15-21(16-14-20)25-23(29)27-30-17-9-5-8-12-22(28)26-31-18-19-10-6-4-7-11-19/h4,6-7,10-11,13-16H,5,8-9,12,17-18H2,1-3H3,(H,26,28)(H2,25,27,29). The number of carbonyl (C=O) groups is 2. The molecule has 0 aliphatic rings. The molecule has 3 N–H and O–H groups in total. The minimum absolute atomic E-state index is 0.0692. The molecule has 0 aliphatic carbocycles. The molecule has 0 radical (unpaired) electrons. The molecule has 0 saturated carbocycles. The number of rotatable bonds is 11. The van der Waals surface area contributed by atoms with Gasteiger partial charge in [0, 0.05) is 12.1 Å². The summed E-state index contributed by atoms with van der Waals surface area (Å²) in [5, 5.41) is 2.73. The molecule has 0 spiro atoms. The summed E-state index contributed by atoms with van der Waals surface area (Å²) in [6.45, 7) is 7.14. The lowest BCUT2D eigenvalue weighted by molar-refractivity contribution is -0.134. The van der Waals surface area contributed by atoms with Crippen LogP contribution in [0.25, 0.3) is 0 Å². The molecule has 7 heteroatoms. The largest absolute Gasteiger partial charge is 0.343 e. The number of amides is 3. The normalized spacial score (nSPS) is 11.1. The molecule has 0 heterocycles. The number of hydroxylamine groups is 2. The zero-order chi connectivity index (χ0) is 22.5. The lowest BCUT2D eigenvalue weighted by Gasteiger charge is -2.19. The summed E-state index contributed by atoms with van der Waals surface area (Å²) in [5.41, 5.74) is 7.79. The van der Waals surface area contributed by atoms with Gasteiger partial charge in [-0.15, -0.1) is 0 Å². The first-order valence-electron chi connectivity index (χ1n) is 10.6. The smallest absolute Gasteiger partial charge is 0.306 e. The van der Waals surface area contributed by atoms with E-state index in [1.54, 1.807) is 0 Å². The van der Waals surface area contributed by atoms with Gasteiger partial charge in [-0.05, 0) is 41.5 Å². The van der Waals surface area contributed by atoms with Crippen LogP contribution in [0.4, 0.5) is 10.5 Å². The Bertz CT molecular complexity index is 802. The Labute approximate surface area is 184 Å². The maximum absolute atomic E-state index is 11.9. The molecule has 0 bridgehead atoms. The number of benzene rings is 2. The summed E-state index contributed by atoms with van der Waals surface area (Å²) in [6.07, 6.45) is 2.64. The summed E-state index contributed by atoms with van der Waals surface area (Å²) in [6, 6.07) is 17.0. The maximum Gasteiger partial charge on any atom is 0.343 e. The van der Waals surface area contributed by atoms with Crippen LogP contribution in [0, 0.1) is 0 Å². The fourth-order valence-corrected chi connectivity index (χ4v) is 2.79. The van der Waals surface area contributed by atoms with Gasteiger partial charge in [0.05, 0.1) is 13.2 Å². The molecule has 0 atom stereocenters. The van der Waals surface area contributed by atoms with E-state index in [4.69, 9.17) is 9.68 Å². The molecule has 2 aromatic rings. The van der Waals surface area contributed by atoms with Gasteiger partial charge in [0.25, 0.3) is 0 Å². The van der Waals surface area contributed by atoms with Crippen LogP contribution in [0.3, 0.4) is 0 Å². The SMILES string of the molecule is CC(C)(C)c1ccc(NC(=O)NOCCCCCC(=O)NOCc2ccccc2)cc1. The van der Waals surface area contributed by atoms with Gasteiger partial charge in [-0.1, -0.05) is 69.7 Å². The third kappa shape index (κ3) is 10.1. The Morgan fingerprint density at radius 2 is 1.55 bits per heavy atom. The third-order valence-electron chi connectivity index (χ3n) is 4.59. The Balaban J connectivity index is 1.47. The first kappa shape index (κ1) is 24.4. The zero-order valence-electron chi connectivity index (χ0n) is 18.6. The van der Waals surface area contributed by atoms with Crippen LogP contribution >= 0.6 is 0 Å². The number of nitrogens with one attached hydrogen (secondary N) is 3. The monoisotopic (exact) mass is 427 g/mol. The van der Waals surface area contributed by atoms with Gasteiger partial charge in [-0.25, -0.2) is 15.8 Å². The van der Waals surface area contributed by atoms with Gasteiger partial charge in [0.15, 0.2) is 0 Å². The lowest BCUT2D eigenvalue weighted by atomic mass is 9.87. The molecule has 31 heavy (non-hydrogen) atoms. The molecule has 168 valence electrons. The first-order chi connectivity index (χ1) is 14.8. The molecule has 0 saturated heterocycles. The van der Waals surface area contributed by atoms with Crippen molar-refractivity contribution in [3.05, 3.63) is 65.7 Å². The highest BCUT2D eigenvalue weighted by Gasteiger charge is 2.13. The van der Waals surface area contributed by atoms with Gasteiger partial charge in [-0.2, -0.15) is 0 Å². The number of hydrogen-bond acceptors (Lipinski definition) is 4. The highest BCUT2D eigenvalue weighted by Crippen LogP contribution is 2.23. The number of carbonyl (C=O) groups excluding carboxylic acids is 2. The second kappa shape index (κ2) is 12.7. The van der Waals surface area contributed by atoms with E-state index in [1.165, 1.54) is 5.56 Å². The van der Waals surface area contributed by atoms with Crippen LogP contribution in [0.15, 0.2) is 54.6 Å². The highest BCUT2D eigenvalue weighted by atomic mass is 16.7. The van der Waals surface area contributed by atoms with Crippen LogP contribution in [0.1, 0.15) is 57.6 Å². The fraction of sp³-hybridized carbons (Fsp3) is 0.417. The van der Waals surface area contributed by atoms with Crippen molar-refractivity contribution in [3.63, 3.8) is 0 Å². The minimum Gasteiger partial charge on any atom is -0.306 e. The van der Waals surface area contributed by atoms with Crippen LogP contribution in [-0.2, 0) is 26.5 Å². The molecule has 2 aromatic carbocycles. The molecule has 0 unspecified atom stereocenters.